The quantitative estimate of drug-likeness (QED) is 0.891. The minimum absolute atomic E-state index is 0.0293. The van der Waals surface area contributed by atoms with Crippen molar-refractivity contribution in [3.63, 3.8) is 0 Å². The molecule has 1 atom stereocenters. The van der Waals surface area contributed by atoms with Crippen molar-refractivity contribution >= 4 is 11.0 Å². The van der Waals surface area contributed by atoms with E-state index in [-0.39, 0.29) is 5.69 Å². The fraction of sp³-hybridized carbons (Fsp3) is 0.588. The van der Waals surface area contributed by atoms with Crippen molar-refractivity contribution in [2.45, 2.75) is 45.7 Å². The number of imidazole rings is 1. The van der Waals surface area contributed by atoms with Gasteiger partial charge >= 0.3 is 5.69 Å². The van der Waals surface area contributed by atoms with Crippen molar-refractivity contribution in [1.29, 1.82) is 0 Å². The van der Waals surface area contributed by atoms with Crippen LogP contribution in [-0.4, -0.2) is 40.7 Å². The lowest BCUT2D eigenvalue weighted by molar-refractivity contribution is 0.173. The highest BCUT2D eigenvalue weighted by molar-refractivity contribution is 5.85. The van der Waals surface area contributed by atoms with Crippen LogP contribution in [0.2, 0.25) is 0 Å². The third-order valence-corrected chi connectivity index (χ3v) is 4.58. The molecule has 1 aromatic heterocycles. The molecule has 0 aliphatic carbocycles. The average Bonchev–Trinajstić information content (AvgIpc) is 2.86. The lowest BCUT2D eigenvalue weighted by Gasteiger charge is -2.34. The topological polar surface area (TPSA) is 50.3 Å². The van der Waals surface area contributed by atoms with Crippen LogP contribution in [0, 0.1) is 0 Å². The molecule has 2 aromatic rings. The summed E-state index contributed by atoms with van der Waals surface area (Å²) >= 11 is 0. The maximum atomic E-state index is 12.3. The average molecular weight is 303 g/mol. The van der Waals surface area contributed by atoms with E-state index in [1.54, 1.807) is 7.11 Å². The molecule has 0 fully saturated rings. The maximum Gasteiger partial charge on any atom is 0.326 e. The Balaban J connectivity index is 2.01. The smallest absolute Gasteiger partial charge is 0.326 e. The van der Waals surface area contributed by atoms with E-state index >= 15 is 0 Å². The first-order valence-electron chi connectivity index (χ1n) is 8.22. The van der Waals surface area contributed by atoms with E-state index in [4.69, 9.17) is 4.74 Å². The monoisotopic (exact) mass is 303 g/mol. The molecule has 1 aliphatic rings. The molecule has 0 spiro atoms. The number of ether oxygens (including phenoxy) is 1. The van der Waals surface area contributed by atoms with Crippen molar-refractivity contribution in [1.82, 2.24) is 14.5 Å². The summed E-state index contributed by atoms with van der Waals surface area (Å²) in [5, 5.41) is 0. The van der Waals surface area contributed by atoms with Gasteiger partial charge in [0.2, 0.25) is 0 Å². The fourth-order valence-electron chi connectivity index (χ4n) is 3.65. The Morgan fingerprint density at radius 2 is 2.05 bits per heavy atom. The number of benzene rings is 1. The summed E-state index contributed by atoms with van der Waals surface area (Å²) in [5.74, 6) is 0.743. The van der Waals surface area contributed by atoms with Crippen LogP contribution >= 0.6 is 0 Å². The molecule has 0 radical (unpaired) electrons. The van der Waals surface area contributed by atoms with Gasteiger partial charge in [0.25, 0.3) is 0 Å². The van der Waals surface area contributed by atoms with E-state index < -0.39 is 0 Å². The van der Waals surface area contributed by atoms with E-state index in [1.165, 1.54) is 5.56 Å². The van der Waals surface area contributed by atoms with Gasteiger partial charge in [-0.05, 0) is 44.0 Å². The number of aromatic amines is 1. The first kappa shape index (κ1) is 15.2. The molecule has 5 nitrogen and oxygen atoms in total. The molecule has 0 bridgehead atoms. The van der Waals surface area contributed by atoms with E-state index in [0.717, 1.165) is 55.7 Å². The summed E-state index contributed by atoms with van der Waals surface area (Å²) in [7, 11) is 1.64. The molecule has 5 heteroatoms. The Hall–Kier alpha value is -1.75. The molecule has 120 valence electrons. The third-order valence-electron chi connectivity index (χ3n) is 4.58. The minimum atomic E-state index is -0.0293. The van der Waals surface area contributed by atoms with Crippen molar-refractivity contribution < 1.29 is 4.74 Å². The lowest BCUT2D eigenvalue weighted by atomic mass is 9.98. The van der Waals surface area contributed by atoms with Crippen LogP contribution in [0.15, 0.2) is 16.9 Å². The molecule has 1 aromatic carbocycles. The molecular formula is C17H25N3O2. The normalized spacial score (nSPS) is 17.4. The van der Waals surface area contributed by atoms with Crippen LogP contribution in [0.3, 0.4) is 0 Å². The number of hydrogen-bond donors (Lipinski definition) is 1. The van der Waals surface area contributed by atoms with Crippen LogP contribution in [-0.2, 0) is 13.0 Å². The highest BCUT2D eigenvalue weighted by Crippen LogP contribution is 2.31. The molecule has 3 rings (SSSR count). The molecule has 0 saturated heterocycles. The molecule has 1 N–H and O–H groups in total. The summed E-state index contributed by atoms with van der Waals surface area (Å²) < 4.78 is 7.27. The number of rotatable bonds is 6. The van der Waals surface area contributed by atoms with Gasteiger partial charge in [0.1, 0.15) is 11.3 Å². The van der Waals surface area contributed by atoms with Crippen molar-refractivity contribution in [2.75, 3.05) is 20.2 Å². The van der Waals surface area contributed by atoms with Crippen LogP contribution in [0.1, 0.15) is 32.3 Å². The van der Waals surface area contributed by atoms with Crippen LogP contribution in [0.5, 0.6) is 5.75 Å². The Bertz CT molecular complexity index is 710. The predicted octanol–water partition coefficient (Wildman–Crippen LogP) is 2.38. The van der Waals surface area contributed by atoms with Gasteiger partial charge in [-0.25, -0.2) is 4.79 Å². The number of hydrogen-bond acceptors (Lipinski definition) is 3. The Morgan fingerprint density at radius 3 is 2.68 bits per heavy atom. The number of nitrogens with zero attached hydrogens (tertiary/aromatic N) is 2. The van der Waals surface area contributed by atoms with E-state index in [1.807, 2.05) is 10.6 Å². The van der Waals surface area contributed by atoms with Crippen molar-refractivity contribution in [3.05, 3.63) is 28.2 Å². The van der Waals surface area contributed by atoms with Crippen LogP contribution in [0.4, 0.5) is 0 Å². The van der Waals surface area contributed by atoms with E-state index in [9.17, 15) is 4.79 Å². The van der Waals surface area contributed by atoms with Gasteiger partial charge in [-0.1, -0.05) is 19.9 Å². The summed E-state index contributed by atoms with van der Waals surface area (Å²) in [6.45, 7) is 7.37. The zero-order valence-corrected chi connectivity index (χ0v) is 13.7. The standard InChI is InChI=1S/C17H25N3O2/c1-4-8-19(9-5-2)13-10-12-6-7-14(22-3)15-16(12)20(11-13)17(21)18-15/h6-7,13H,4-5,8-11H2,1-3H3,(H,18,21). The molecule has 1 aliphatic heterocycles. The van der Waals surface area contributed by atoms with E-state index in [0.29, 0.717) is 6.04 Å². The fourth-order valence-corrected chi connectivity index (χ4v) is 3.65. The Kier molecular flexibility index (Phi) is 4.25. The molecule has 22 heavy (non-hydrogen) atoms. The largest absolute Gasteiger partial charge is 0.494 e. The van der Waals surface area contributed by atoms with Gasteiger partial charge in [0, 0.05) is 12.6 Å². The van der Waals surface area contributed by atoms with Crippen molar-refractivity contribution in [3.8, 4) is 5.75 Å². The SMILES string of the molecule is CCCN(CCC)C1Cc2ccc(OC)c3[nH]c(=O)n(c23)C1. The van der Waals surface area contributed by atoms with Crippen LogP contribution < -0.4 is 10.4 Å². The number of methoxy groups -OCH3 is 1. The molecule has 0 saturated carbocycles. The highest BCUT2D eigenvalue weighted by atomic mass is 16.5. The molecular weight excluding hydrogens is 278 g/mol. The Labute approximate surface area is 130 Å². The van der Waals surface area contributed by atoms with Gasteiger partial charge in [-0.2, -0.15) is 0 Å². The lowest BCUT2D eigenvalue weighted by Crippen LogP contribution is -2.44. The summed E-state index contributed by atoms with van der Waals surface area (Å²) in [4.78, 5) is 17.8. The second-order valence-electron chi connectivity index (χ2n) is 6.09. The first-order chi connectivity index (χ1) is 10.7. The van der Waals surface area contributed by atoms with Gasteiger partial charge < -0.3 is 9.72 Å². The number of aromatic nitrogens is 2. The van der Waals surface area contributed by atoms with Gasteiger partial charge in [0.05, 0.1) is 12.6 Å². The summed E-state index contributed by atoms with van der Waals surface area (Å²) in [6.07, 6.45) is 3.28. The van der Waals surface area contributed by atoms with Crippen molar-refractivity contribution in [2.24, 2.45) is 0 Å². The highest BCUT2D eigenvalue weighted by Gasteiger charge is 2.27. The maximum absolute atomic E-state index is 12.3. The first-order valence-corrected chi connectivity index (χ1v) is 8.22. The second kappa shape index (κ2) is 6.16. The summed E-state index contributed by atoms with van der Waals surface area (Å²) in [5.41, 5.74) is 3.07. The predicted molar refractivity (Wildman–Crippen MR) is 88.8 cm³/mol. The minimum Gasteiger partial charge on any atom is -0.494 e. The zero-order chi connectivity index (χ0) is 15.7. The van der Waals surface area contributed by atoms with Gasteiger partial charge in [-0.15, -0.1) is 0 Å². The summed E-state index contributed by atoms with van der Waals surface area (Å²) in [6, 6.07) is 4.47. The number of H-pyrrole nitrogens is 1. The van der Waals surface area contributed by atoms with Gasteiger partial charge in [0.15, 0.2) is 0 Å². The zero-order valence-electron chi connectivity index (χ0n) is 13.7. The second-order valence-corrected chi connectivity index (χ2v) is 6.09. The number of nitrogens with one attached hydrogen (secondary N) is 1. The Morgan fingerprint density at radius 1 is 1.32 bits per heavy atom. The van der Waals surface area contributed by atoms with E-state index in [2.05, 4.69) is 29.8 Å². The molecule has 2 heterocycles. The molecule has 1 unspecified atom stereocenters. The molecule has 0 amide bonds. The van der Waals surface area contributed by atoms with Gasteiger partial charge in [-0.3, -0.25) is 9.47 Å². The third kappa shape index (κ3) is 2.43. The van der Waals surface area contributed by atoms with Crippen LogP contribution in [0.25, 0.3) is 11.0 Å².